The summed E-state index contributed by atoms with van der Waals surface area (Å²) in [6.07, 6.45) is 11.1. The van der Waals surface area contributed by atoms with Crippen molar-refractivity contribution in [1.82, 2.24) is 9.55 Å². The maximum Gasteiger partial charge on any atom is 0.203 e. The quantitative estimate of drug-likeness (QED) is 0.338. The lowest BCUT2D eigenvalue weighted by Crippen LogP contribution is -2.31. The molecule has 1 aliphatic rings. The Labute approximate surface area is 171 Å². The molecule has 0 saturated heterocycles. The fourth-order valence-corrected chi connectivity index (χ4v) is 7.08. The van der Waals surface area contributed by atoms with Crippen LogP contribution in [0.1, 0.15) is 63.0 Å². The molecule has 146 valence electrons. The first-order valence-corrected chi connectivity index (χ1v) is 11.8. The third-order valence-electron chi connectivity index (χ3n) is 5.35. The molecule has 2 heterocycles. The van der Waals surface area contributed by atoms with Crippen molar-refractivity contribution < 1.29 is 4.79 Å². The molecule has 0 fully saturated rings. The first kappa shape index (κ1) is 20.5. The van der Waals surface area contributed by atoms with Crippen molar-refractivity contribution >= 4 is 29.3 Å². The van der Waals surface area contributed by atoms with Crippen LogP contribution in [0.5, 0.6) is 0 Å². The molecule has 0 saturated carbocycles. The van der Waals surface area contributed by atoms with Gasteiger partial charge in [-0.2, -0.15) is 0 Å². The number of carbonyl (C=O) groups excluding carboxylic acids is 1. The average molecular weight is 403 g/mol. The standard InChI is InChI=1S/C22H30N2OS2/c1-4-5-6-7-8-11-16(2)19(20(25)21-23-14-15-24(21)3)22-26-17-12-9-10-13-18(17)27-22/h9-10,12-16,19,22H,4-8,11H2,1-3H3/t16-,19?/m1/s1. The van der Waals surface area contributed by atoms with E-state index in [-0.39, 0.29) is 16.3 Å². The predicted molar refractivity (Wildman–Crippen MR) is 116 cm³/mol. The number of Topliss-reactive ketones (excluding diaryl/α,β-unsaturated/α-hetero) is 1. The van der Waals surface area contributed by atoms with Crippen molar-refractivity contribution in [3.8, 4) is 0 Å². The van der Waals surface area contributed by atoms with Crippen LogP contribution in [0.25, 0.3) is 0 Å². The van der Waals surface area contributed by atoms with E-state index in [2.05, 4.69) is 43.1 Å². The molecule has 27 heavy (non-hydrogen) atoms. The fraction of sp³-hybridized carbons (Fsp3) is 0.545. The molecule has 1 aliphatic heterocycles. The predicted octanol–water partition coefficient (Wildman–Crippen LogP) is 6.44. The molecule has 3 nitrogen and oxygen atoms in total. The van der Waals surface area contributed by atoms with Gasteiger partial charge >= 0.3 is 0 Å². The highest BCUT2D eigenvalue weighted by Crippen LogP contribution is 2.52. The van der Waals surface area contributed by atoms with Crippen LogP contribution < -0.4 is 0 Å². The molecule has 3 rings (SSSR count). The summed E-state index contributed by atoms with van der Waals surface area (Å²) in [5.41, 5.74) is 0. The van der Waals surface area contributed by atoms with Crippen LogP contribution in [0.2, 0.25) is 0 Å². The van der Waals surface area contributed by atoms with E-state index in [1.807, 2.05) is 41.3 Å². The van der Waals surface area contributed by atoms with Crippen molar-refractivity contribution in [2.75, 3.05) is 0 Å². The number of thioether (sulfide) groups is 2. The van der Waals surface area contributed by atoms with Gasteiger partial charge in [-0.3, -0.25) is 4.79 Å². The lowest BCUT2D eigenvalue weighted by Gasteiger charge is -2.27. The van der Waals surface area contributed by atoms with Gasteiger partial charge in [0, 0.05) is 35.2 Å². The van der Waals surface area contributed by atoms with Gasteiger partial charge in [0.15, 0.2) is 5.82 Å². The first-order valence-electron chi connectivity index (χ1n) is 10.1. The van der Waals surface area contributed by atoms with Gasteiger partial charge in [-0.1, -0.05) is 58.1 Å². The number of imidazole rings is 1. The van der Waals surface area contributed by atoms with E-state index in [9.17, 15) is 4.79 Å². The molecule has 1 aromatic carbocycles. The van der Waals surface area contributed by atoms with E-state index in [0.717, 1.165) is 6.42 Å². The van der Waals surface area contributed by atoms with Crippen LogP contribution in [-0.2, 0) is 7.05 Å². The van der Waals surface area contributed by atoms with Crippen molar-refractivity contribution in [2.24, 2.45) is 18.9 Å². The van der Waals surface area contributed by atoms with Crippen LogP contribution in [-0.4, -0.2) is 19.9 Å². The van der Waals surface area contributed by atoms with Crippen LogP contribution >= 0.6 is 23.5 Å². The number of unbranched alkanes of at least 4 members (excludes halogenated alkanes) is 4. The molecule has 0 aliphatic carbocycles. The summed E-state index contributed by atoms with van der Waals surface area (Å²) < 4.78 is 2.10. The van der Waals surface area contributed by atoms with Crippen molar-refractivity contribution in [2.45, 2.75) is 66.7 Å². The van der Waals surface area contributed by atoms with E-state index in [1.54, 1.807) is 6.20 Å². The molecule has 1 unspecified atom stereocenters. The van der Waals surface area contributed by atoms with Crippen molar-refractivity contribution in [3.63, 3.8) is 0 Å². The normalized spacial score (nSPS) is 16.3. The summed E-state index contributed by atoms with van der Waals surface area (Å²) in [7, 11) is 1.91. The number of hydrogen-bond acceptors (Lipinski definition) is 4. The zero-order valence-corrected chi connectivity index (χ0v) is 18.2. The molecule has 5 heteroatoms. The molecule has 1 aromatic heterocycles. The fourth-order valence-electron chi connectivity index (χ4n) is 3.72. The zero-order valence-electron chi connectivity index (χ0n) is 16.6. The minimum atomic E-state index is -0.0142. The van der Waals surface area contributed by atoms with Gasteiger partial charge in [0.25, 0.3) is 0 Å². The van der Waals surface area contributed by atoms with Crippen molar-refractivity contribution in [3.05, 3.63) is 42.5 Å². The van der Waals surface area contributed by atoms with Gasteiger partial charge < -0.3 is 4.57 Å². The molecule has 0 N–H and O–H groups in total. The van der Waals surface area contributed by atoms with E-state index < -0.39 is 0 Å². The minimum Gasteiger partial charge on any atom is -0.332 e. The van der Waals surface area contributed by atoms with Gasteiger partial charge in [0.1, 0.15) is 0 Å². The van der Waals surface area contributed by atoms with Crippen molar-refractivity contribution in [1.29, 1.82) is 0 Å². The second kappa shape index (κ2) is 9.83. The molecule has 0 spiro atoms. The summed E-state index contributed by atoms with van der Waals surface area (Å²) in [5.74, 6) is 1.13. The molecule has 0 bridgehead atoms. The summed E-state index contributed by atoms with van der Waals surface area (Å²) in [6.45, 7) is 4.51. The topological polar surface area (TPSA) is 34.9 Å². The lowest BCUT2D eigenvalue weighted by atomic mass is 9.86. The SMILES string of the molecule is CCCCCCC[C@@H](C)C(C(=O)c1nccn1C)C1Sc2ccccc2S1. The Hall–Kier alpha value is -1.20. The smallest absolute Gasteiger partial charge is 0.203 e. The number of fused-ring (bicyclic) bond motifs is 1. The van der Waals surface area contributed by atoms with E-state index in [0.29, 0.717) is 11.7 Å². The molecule has 0 radical (unpaired) electrons. The summed E-state index contributed by atoms with van der Waals surface area (Å²) in [6, 6.07) is 8.51. The molecule has 2 aromatic rings. The Balaban J connectivity index is 1.73. The molecular formula is C22H30N2OS2. The number of nitrogens with zero attached hydrogens (tertiary/aromatic N) is 2. The monoisotopic (exact) mass is 402 g/mol. The molecular weight excluding hydrogens is 372 g/mol. The number of rotatable bonds is 10. The van der Waals surface area contributed by atoms with Gasteiger partial charge in [0.05, 0.1) is 4.58 Å². The van der Waals surface area contributed by atoms with Crippen LogP contribution in [0.3, 0.4) is 0 Å². The van der Waals surface area contributed by atoms with Gasteiger partial charge in [0.2, 0.25) is 5.78 Å². The number of aromatic nitrogens is 2. The Morgan fingerprint density at radius 1 is 1.15 bits per heavy atom. The summed E-state index contributed by atoms with van der Waals surface area (Å²) >= 11 is 3.71. The number of benzene rings is 1. The highest BCUT2D eigenvalue weighted by Gasteiger charge is 2.39. The highest BCUT2D eigenvalue weighted by atomic mass is 32.2. The van der Waals surface area contributed by atoms with Gasteiger partial charge in [-0.05, 0) is 24.5 Å². The maximum atomic E-state index is 13.4. The number of ketones is 1. The Bertz CT molecular complexity index is 733. The van der Waals surface area contributed by atoms with Gasteiger partial charge in [-0.25, -0.2) is 4.98 Å². The second-order valence-electron chi connectivity index (χ2n) is 7.48. The number of aryl methyl sites for hydroxylation is 1. The highest BCUT2D eigenvalue weighted by molar-refractivity contribution is 8.19. The first-order chi connectivity index (χ1) is 13.1. The van der Waals surface area contributed by atoms with E-state index >= 15 is 0 Å². The average Bonchev–Trinajstić information content (AvgIpc) is 3.27. The zero-order chi connectivity index (χ0) is 19.2. The number of carbonyl (C=O) groups is 1. The Morgan fingerprint density at radius 2 is 1.81 bits per heavy atom. The van der Waals surface area contributed by atoms with Gasteiger partial charge in [-0.15, -0.1) is 23.5 Å². The lowest BCUT2D eigenvalue weighted by molar-refractivity contribution is 0.0872. The Kier molecular flexibility index (Phi) is 7.48. The summed E-state index contributed by atoms with van der Waals surface area (Å²) in [5, 5.41) is 0. The Morgan fingerprint density at radius 3 is 2.41 bits per heavy atom. The molecule has 2 atom stereocenters. The van der Waals surface area contributed by atoms with Crippen LogP contribution in [0.15, 0.2) is 46.5 Å². The summed E-state index contributed by atoms with van der Waals surface area (Å²) in [4.78, 5) is 20.4. The largest absolute Gasteiger partial charge is 0.332 e. The third-order valence-corrected chi connectivity index (χ3v) is 8.33. The maximum absolute atomic E-state index is 13.4. The van der Waals surface area contributed by atoms with Crippen LogP contribution in [0, 0.1) is 11.8 Å². The van der Waals surface area contributed by atoms with Crippen LogP contribution in [0.4, 0.5) is 0 Å². The molecule has 0 amide bonds. The number of hydrogen-bond donors (Lipinski definition) is 0. The third kappa shape index (κ3) is 5.00. The minimum absolute atomic E-state index is 0.0142. The van der Waals surface area contributed by atoms with E-state index in [4.69, 9.17) is 0 Å². The van der Waals surface area contributed by atoms with E-state index in [1.165, 1.54) is 41.9 Å². The second-order valence-corrected chi connectivity index (χ2v) is 10.1.